The van der Waals surface area contributed by atoms with Crippen molar-refractivity contribution in [2.75, 3.05) is 5.32 Å². The zero-order valence-electron chi connectivity index (χ0n) is 10.6. The predicted molar refractivity (Wildman–Crippen MR) is 74.8 cm³/mol. The third-order valence-electron chi connectivity index (χ3n) is 2.73. The van der Waals surface area contributed by atoms with E-state index >= 15 is 0 Å². The molecular weight excluding hydrogens is 264 g/mol. The Morgan fingerprint density at radius 1 is 1.26 bits per heavy atom. The van der Waals surface area contributed by atoms with Crippen LogP contribution < -0.4 is 5.32 Å². The van der Waals surface area contributed by atoms with Crippen molar-refractivity contribution in [2.24, 2.45) is 0 Å². The molecule has 4 nitrogen and oxygen atoms in total. The van der Waals surface area contributed by atoms with E-state index in [2.05, 4.69) is 10.3 Å². The number of phenols is 1. The van der Waals surface area contributed by atoms with Crippen LogP contribution in [0.25, 0.3) is 0 Å². The van der Waals surface area contributed by atoms with E-state index in [1.54, 1.807) is 25.1 Å². The summed E-state index contributed by atoms with van der Waals surface area (Å²) in [5.41, 5.74) is 2.50. The maximum Gasteiger partial charge on any atom is 0.255 e. The lowest BCUT2D eigenvalue weighted by Gasteiger charge is -2.07. The first kappa shape index (κ1) is 13.4. The van der Waals surface area contributed by atoms with Crippen LogP contribution in [0.1, 0.15) is 21.5 Å². The van der Waals surface area contributed by atoms with Gasteiger partial charge in [0.2, 0.25) is 0 Å². The Balaban J connectivity index is 2.20. The molecule has 0 saturated heterocycles. The second-order valence-corrected chi connectivity index (χ2v) is 4.65. The lowest BCUT2D eigenvalue weighted by molar-refractivity contribution is 0.102. The van der Waals surface area contributed by atoms with Crippen molar-refractivity contribution in [3.8, 4) is 5.75 Å². The van der Waals surface area contributed by atoms with Gasteiger partial charge >= 0.3 is 0 Å². The van der Waals surface area contributed by atoms with Gasteiger partial charge in [0.25, 0.3) is 5.91 Å². The molecule has 1 aromatic heterocycles. The number of aromatic nitrogens is 1. The summed E-state index contributed by atoms with van der Waals surface area (Å²) in [6, 6.07) is 6.44. The number of halogens is 1. The largest absolute Gasteiger partial charge is 0.508 e. The number of rotatable bonds is 2. The number of hydrogen-bond acceptors (Lipinski definition) is 3. The molecule has 0 bridgehead atoms. The van der Waals surface area contributed by atoms with Gasteiger partial charge in [0.15, 0.2) is 0 Å². The number of amides is 1. The Morgan fingerprint density at radius 2 is 2.00 bits per heavy atom. The summed E-state index contributed by atoms with van der Waals surface area (Å²) >= 11 is 5.82. The molecule has 0 aliphatic heterocycles. The van der Waals surface area contributed by atoms with Gasteiger partial charge in [-0.25, -0.2) is 4.98 Å². The molecule has 0 fully saturated rings. The van der Waals surface area contributed by atoms with E-state index in [1.165, 1.54) is 12.3 Å². The van der Waals surface area contributed by atoms with E-state index in [9.17, 15) is 9.90 Å². The van der Waals surface area contributed by atoms with Gasteiger partial charge in [-0.2, -0.15) is 0 Å². The molecule has 1 aromatic carbocycles. The molecule has 98 valence electrons. The molecule has 0 saturated carbocycles. The summed E-state index contributed by atoms with van der Waals surface area (Å²) in [6.45, 7) is 3.55. The van der Waals surface area contributed by atoms with Crippen molar-refractivity contribution in [3.63, 3.8) is 0 Å². The van der Waals surface area contributed by atoms with E-state index < -0.39 is 0 Å². The number of carbonyl (C=O) groups excluding carboxylic acids is 1. The Bertz CT molecular complexity index is 641. The van der Waals surface area contributed by atoms with Crippen molar-refractivity contribution in [2.45, 2.75) is 13.8 Å². The highest BCUT2D eigenvalue weighted by molar-refractivity contribution is 6.30. The molecule has 0 aliphatic rings. The third kappa shape index (κ3) is 3.03. The van der Waals surface area contributed by atoms with Crippen molar-refractivity contribution in [1.29, 1.82) is 0 Å². The number of pyridine rings is 1. The van der Waals surface area contributed by atoms with Gasteiger partial charge in [-0.15, -0.1) is 0 Å². The quantitative estimate of drug-likeness (QED) is 0.827. The Hall–Kier alpha value is -2.07. The summed E-state index contributed by atoms with van der Waals surface area (Å²) < 4.78 is 0. The van der Waals surface area contributed by atoms with E-state index in [-0.39, 0.29) is 11.7 Å². The minimum atomic E-state index is -0.258. The van der Waals surface area contributed by atoms with Crippen molar-refractivity contribution < 1.29 is 9.90 Å². The number of benzene rings is 1. The number of nitrogens with one attached hydrogen (secondary N) is 1. The van der Waals surface area contributed by atoms with Crippen molar-refractivity contribution in [1.82, 2.24) is 4.98 Å². The zero-order valence-corrected chi connectivity index (χ0v) is 11.3. The van der Waals surface area contributed by atoms with E-state index in [4.69, 9.17) is 11.6 Å². The summed E-state index contributed by atoms with van der Waals surface area (Å²) in [5.74, 6) is -0.0906. The summed E-state index contributed by atoms with van der Waals surface area (Å²) in [4.78, 5) is 16.0. The van der Waals surface area contributed by atoms with Crippen molar-refractivity contribution >= 4 is 23.2 Å². The van der Waals surface area contributed by atoms with Crippen LogP contribution in [-0.2, 0) is 0 Å². The summed E-state index contributed by atoms with van der Waals surface area (Å²) in [5, 5.41) is 12.6. The normalized spacial score (nSPS) is 10.3. The molecule has 2 aromatic rings. The molecule has 0 radical (unpaired) electrons. The van der Waals surface area contributed by atoms with Crippen molar-refractivity contribution in [3.05, 3.63) is 52.3 Å². The average molecular weight is 277 g/mol. The van der Waals surface area contributed by atoms with Crippen LogP contribution in [0.2, 0.25) is 5.15 Å². The van der Waals surface area contributed by atoms with Gasteiger partial charge in [-0.3, -0.25) is 4.79 Å². The highest BCUT2D eigenvalue weighted by Gasteiger charge is 2.09. The lowest BCUT2D eigenvalue weighted by Crippen LogP contribution is -2.12. The van der Waals surface area contributed by atoms with Crippen LogP contribution in [0.4, 0.5) is 5.69 Å². The number of anilines is 1. The second-order valence-electron chi connectivity index (χ2n) is 4.29. The number of hydrogen-bond donors (Lipinski definition) is 2. The number of nitrogens with zero attached hydrogens (tertiary/aromatic N) is 1. The van der Waals surface area contributed by atoms with Crippen LogP contribution in [0.5, 0.6) is 5.75 Å². The summed E-state index contributed by atoms with van der Waals surface area (Å²) in [7, 11) is 0. The van der Waals surface area contributed by atoms with Gasteiger partial charge < -0.3 is 10.4 Å². The van der Waals surface area contributed by atoms with Gasteiger partial charge in [-0.05, 0) is 49.2 Å². The first-order chi connectivity index (χ1) is 8.97. The molecule has 19 heavy (non-hydrogen) atoms. The molecule has 2 N–H and O–H groups in total. The molecule has 2 rings (SSSR count). The molecule has 0 aliphatic carbocycles. The summed E-state index contributed by atoms with van der Waals surface area (Å²) in [6.07, 6.45) is 1.50. The average Bonchev–Trinajstić information content (AvgIpc) is 2.37. The van der Waals surface area contributed by atoms with Crippen LogP contribution >= 0.6 is 11.6 Å². The van der Waals surface area contributed by atoms with Crippen LogP contribution in [-0.4, -0.2) is 16.0 Å². The molecular formula is C14H13ClN2O2. The van der Waals surface area contributed by atoms with Crippen LogP contribution in [0.3, 0.4) is 0 Å². The minimum Gasteiger partial charge on any atom is -0.508 e. The first-order valence-corrected chi connectivity index (χ1v) is 6.08. The number of aromatic hydroxyl groups is 1. The number of aryl methyl sites for hydroxylation is 2. The second kappa shape index (κ2) is 5.28. The van der Waals surface area contributed by atoms with Crippen LogP contribution in [0.15, 0.2) is 30.5 Å². The zero-order chi connectivity index (χ0) is 14.0. The predicted octanol–water partition coefficient (Wildman–Crippen LogP) is 3.31. The molecule has 1 amide bonds. The molecule has 0 atom stereocenters. The van der Waals surface area contributed by atoms with Gasteiger partial charge in [0.1, 0.15) is 10.9 Å². The lowest BCUT2D eigenvalue weighted by atomic mass is 10.1. The van der Waals surface area contributed by atoms with Gasteiger partial charge in [0, 0.05) is 5.56 Å². The monoisotopic (exact) mass is 276 g/mol. The maximum atomic E-state index is 12.0. The van der Waals surface area contributed by atoms with Crippen LogP contribution in [0, 0.1) is 13.8 Å². The topological polar surface area (TPSA) is 62.2 Å². The molecule has 1 heterocycles. The maximum absolute atomic E-state index is 12.0. The standard InChI is InChI=1S/C14H13ClN2O2/c1-8-5-10(3-4-12(8)18)14(19)17-11-6-9(2)13(15)16-7-11/h3-7,18H,1-2H3,(H,17,19). The molecule has 0 unspecified atom stereocenters. The molecule has 0 spiro atoms. The van der Waals surface area contributed by atoms with Gasteiger partial charge in [-0.1, -0.05) is 11.6 Å². The number of phenolic OH excluding ortho intramolecular Hbond substituents is 1. The van der Waals surface area contributed by atoms with Gasteiger partial charge in [0.05, 0.1) is 11.9 Å². The third-order valence-corrected chi connectivity index (χ3v) is 3.13. The Labute approximate surface area is 116 Å². The fourth-order valence-corrected chi connectivity index (χ4v) is 1.73. The smallest absolute Gasteiger partial charge is 0.255 e. The number of carbonyl (C=O) groups is 1. The SMILES string of the molecule is Cc1cc(C(=O)Nc2cnc(Cl)c(C)c2)ccc1O. The highest BCUT2D eigenvalue weighted by Crippen LogP contribution is 2.19. The Morgan fingerprint density at radius 3 is 2.63 bits per heavy atom. The van der Waals surface area contributed by atoms with E-state index in [1.807, 2.05) is 6.92 Å². The van der Waals surface area contributed by atoms with E-state index in [0.29, 0.717) is 22.0 Å². The fourth-order valence-electron chi connectivity index (χ4n) is 1.63. The fraction of sp³-hybridized carbons (Fsp3) is 0.143. The first-order valence-electron chi connectivity index (χ1n) is 5.70. The minimum absolute atomic E-state index is 0.167. The highest BCUT2D eigenvalue weighted by atomic mass is 35.5. The van der Waals surface area contributed by atoms with E-state index in [0.717, 1.165) is 5.56 Å². The molecule has 5 heteroatoms. The Kier molecular flexibility index (Phi) is 3.71.